The van der Waals surface area contributed by atoms with Crippen LogP contribution in [0.3, 0.4) is 0 Å². The van der Waals surface area contributed by atoms with Gasteiger partial charge in [0.15, 0.2) is 0 Å². The molecule has 3 nitrogen and oxygen atoms in total. The third kappa shape index (κ3) is 3.21. The van der Waals surface area contributed by atoms with Crippen molar-refractivity contribution >= 4 is 22.9 Å². The van der Waals surface area contributed by atoms with Gasteiger partial charge < -0.3 is 15.4 Å². The Hall–Kier alpha value is -1.34. The second-order valence-corrected chi connectivity index (χ2v) is 5.16. The van der Waals surface area contributed by atoms with E-state index >= 15 is 0 Å². The Labute approximate surface area is 120 Å². The average Bonchev–Trinajstić information content (AvgIpc) is 2.37. The van der Waals surface area contributed by atoms with Crippen molar-refractivity contribution in [2.45, 2.75) is 19.2 Å². The standard InChI is InChI=1S/C13H15F3N2OS/c1-8-7-18(4-5-19-8)11-3-2-9(13(14,15)16)6-10(11)12(17)20/h2-3,6,8H,4-5,7H2,1H3,(H2,17,20). The van der Waals surface area contributed by atoms with Crippen molar-refractivity contribution in [2.24, 2.45) is 5.73 Å². The van der Waals surface area contributed by atoms with Crippen LogP contribution in [0.4, 0.5) is 18.9 Å². The highest BCUT2D eigenvalue weighted by Gasteiger charge is 2.32. The molecule has 1 aromatic rings. The molecule has 110 valence electrons. The maximum absolute atomic E-state index is 12.7. The van der Waals surface area contributed by atoms with Gasteiger partial charge in [-0.15, -0.1) is 0 Å². The van der Waals surface area contributed by atoms with Crippen LogP contribution in [0, 0.1) is 0 Å². The predicted octanol–water partition coefficient (Wildman–Crippen LogP) is 2.56. The minimum absolute atomic E-state index is 0.0187. The molecule has 7 heteroatoms. The molecular formula is C13H15F3N2OS. The molecule has 1 unspecified atom stereocenters. The molecule has 1 aliphatic rings. The summed E-state index contributed by atoms with van der Waals surface area (Å²) < 4.78 is 43.7. The number of hydrogen-bond acceptors (Lipinski definition) is 3. The minimum atomic E-state index is -4.41. The van der Waals surface area contributed by atoms with Crippen molar-refractivity contribution in [1.29, 1.82) is 0 Å². The van der Waals surface area contributed by atoms with Crippen molar-refractivity contribution in [3.8, 4) is 0 Å². The average molecular weight is 304 g/mol. The molecule has 0 aromatic heterocycles. The van der Waals surface area contributed by atoms with E-state index in [1.807, 2.05) is 11.8 Å². The van der Waals surface area contributed by atoms with Gasteiger partial charge in [0.2, 0.25) is 0 Å². The highest BCUT2D eigenvalue weighted by atomic mass is 32.1. The molecule has 0 bridgehead atoms. The molecule has 1 aromatic carbocycles. The number of morpholine rings is 1. The van der Waals surface area contributed by atoms with E-state index in [1.165, 1.54) is 6.07 Å². The lowest BCUT2D eigenvalue weighted by Crippen LogP contribution is -2.42. The van der Waals surface area contributed by atoms with Crippen molar-refractivity contribution in [2.75, 3.05) is 24.6 Å². The Morgan fingerprint density at radius 3 is 2.70 bits per heavy atom. The number of rotatable bonds is 2. The first-order chi connectivity index (χ1) is 9.29. The number of hydrogen-bond donors (Lipinski definition) is 1. The van der Waals surface area contributed by atoms with E-state index in [9.17, 15) is 13.2 Å². The zero-order valence-corrected chi connectivity index (χ0v) is 11.7. The molecule has 0 amide bonds. The molecule has 20 heavy (non-hydrogen) atoms. The lowest BCUT2D eigenvalue weighted by atomic mass is 10.1. The van der Waals surface area contributed by atoms with Crippen LogP contribution in [0.25, 0.3) is 0 Å². The Bertz CT molecular complexity index is 519. The largest absolute Gasteiger partial charge is 0.416 e. The monoisotopic (exact) mass is 304 g/mol. The molecule has 0 aliphatic carbocycles. The fourth-order valence-corrected chi connectivity index (χ4v) is 2.39. The number of ether oxygens (including phenoxy) is 1. The van der Waals surface area contributed by atoms with Crippen LogP contribution in [0.15, 0.2) is 18.2 Å². The van der Waals surface area contributed by atoms with E-state index in [4.69, 9.17) is 22.7 Å². The Morgan fingerprint density at radius 1 is 1.45 bits per heavy atom. The normalized spacial score (nSPS) is 20.0. The van der Waals surface area contributed by atoms with E-state index in [1.54, 1.807) is 0 Å². The Morgan fingerprint density at radius 2 is 2.15 bits per heavy atom. The highest BCUT2D eigenvalue weighted by Crippen LogP contribution is 2.33. The maximum Gasteiger partial charge on any atom is 0.416 e. The SMILES string of the molecule is CC1CN(c2ccc(C(F)(F)F)cc2C(N)=S)CCO1. The third-order valence-corrected chi connectivity index (χ3v) is 3.39. The Kier molecular flexibility index (Phi) is 4.19. The fourth-order valence-electron chi connectivity index (χ4n) is 2.22. The zero-order valence-electron chi connectivity index (χ0n) is 10.9. The lowest BCUT2D eigenvalue weighted by Gasteiger charge is -2.34. The number of anilines is 1. The summed E-state index contributed by atoms with van der Waals surface area (Å²) in [7, 11) is 0. The molecule has 0 saturated carbocycles. The van der Waals surface area contributed by atoms with Gasteiger partial charge in [-0.3, -0.25) is 0 Å². The summed E-state index contributed by atoms with van der Waals surface area (Å²) in [6, 6.07) is 3.49. The van der Waals surface area contributed by atoms with Crippen molar-refractivity contribution in [3.63, 3.8) is 0 Å². The van der Waals surface area contributed by atoms with E-state index < -0.39 is 11.7 Å². The summed E-state index contributed by atoms with van der Waals surface area (Å²) in [6.07, 6.45) is -4.39. The number of nitrogens with two attached hydrogens (primary N) is 1. The van der Waals surface area contributed by atoms with Gasteiger partial charge in [-0.1, -0.05) is 12.2 Å². The lowest BCUT2D eigenvalue weighted by molar-refractivity contribution is -0.137. The summed E-state index contributed by atoms with van der Waals surface area (Å²) in [5.74, 6) is 0. The first kappa shape index (κ1) is 15.1. The van der Waals surface area contributed by atoms with Gasteiger partial charge in [0, 0.05) is 24.3 Å². The molecule has 1 saturated heterocycles. The van der Waals surface area contributed by atoms with Crippen molar-refractivity contribution < 1.29 is 17.9 Å². The van der Waals surface area contributed by atoms with Gasteiger partial charge in [0.25, 0.3) is 0 Å². The van der Waals surface area contributed by atoms with E-state index in [0.717, 1.165) is 12.1 Å². The Balaban J connectivity index is 2.40. The molecule has 0 spiro atoms. The number of halogens is 3. The van der Waals surface area contributed by atoms with Crippen LogP contribution in [-0.4, -0.2) is 30.8 Å². The van der Waals surface area contributed by atoms with Gasteiger partial charge >= 0.3 is 6.18 Å². The molecule has 2 rings (SSSR count). The molecule has 2 N–H and O–H groups in total. The van der Waals surface area contributed by atoms with Crippen LogP contribution >= 0.6 is 12.2 Å². The fraction of sp³-hybridized carbons (Fsp3) is 0.462. The second kappa shape index (κ2) is 5.57. The quantitative estimate of drug-likeness (QED) is 0.852. The van der Waals surface area contributed by atoms with Crippen LogP contribution in [0.5, 0.6) is 0 Å². The van der Waals surface area contributed by atoms with Crippen LogP contribution in [0.1, 0.15) is 18.1 Å². The highest BCUT2D eigenvalue weighted by molar-refractivity contribution is 7.80. The van der Waals surface area contributed by atoms with E-state index in [2.05, 4.69) is 0 Å². The smallest absolute Gasteiger partial charge is 0.389 e. The number of alkyl halides is 3. The molecule has 1 aliphatic heterocycles. The van der Waals surface area contributed by atoms with Gasteiger partial charge in [-0.2, -0.15) is 13.2 Å². The molecular weight excluding hydrogens is 289 g/mol. The number of nitrogens with zero attached hydrogens (tertiary/aromatic N) is 1. The number of benzene rings is 1. The first-order valence-corrected chi connectivity index (χ1v) is 6.57. The molecule has 1 atom stereocenters. The van der Waals surface area contributed by atoms with Crippen molar-refractivity contribution in [1.82, 2.24) is 0 Å². The second-order valence-electron chi connectivity index (χ2n) is 4.72. The summed E-state index contributed by atoms with van der Waals surface area (Å²) in [5, 5.41) is 0. The predicted molar refractivity (Wildman–Crippen MR) is 75.0 cm³/mol. The van der Waals surface area contributed by atoms with Gasteiger partial charge in [-0.25, -0.2) is 0 Å². The van der Waals surface area contributed by atoms with Gasteiger partial charge in [0.1, 0.15) is 4.99 Å². The summed E-state index contributed by atoms with van der Waals surface area (Å²) in [5.41, 5.74) is 5.71. The van der Waals surface area contributed by atoms with Gasteiger partial charge in [-0.05, 0) is 25.1 Å². The van der Waals surface area contributed by atoms with Gasteiger partial charge in [0.05, 0.1) is 18.3 Å². The zero-order chi connectivity index (χ0) is 14.9. The van der Waals surface area contributed by atoms with Crippen molar-refractivity contribution in [3.05, 3.63) is 29.3 Å². The van der Waals surface area contributed by atoms with Crippen LogP contribution in [0.2, 0.25) is 0 Å². The van der Waals surface area contributed by atoms with E-state index in [-0.39, 0.29) is 16.7 Å². The minimum Gasteiger partial charge on any atom is -0.389 e. The number of thiocarbonyl (C=S) groups is 1. The van der Waals surface area contributed by atoms with Crippen LogP contribution < -0.4 is 10.6 Å². The van der Waals surface area contributed by atoms with E-state index in [0.29, 0.717) is 25.4 Å². The topological polar surface area (TPSA) is 38.5 Å². The maximum atomic E-state index is 12.7. The summed E-state index contributed by atoms with van der Waals surface area (Å²) in [6.45, 7) is 3.64. The summed E-state index contributed by atoms with van der Waals surface area (Å²) in [4.78, 5) is 1.91. The molecule has 1 heterocycles. The summed E-state index contributed by atoms with van der Waals surface area (Å²) >= 11 is 4.88. The van der Waals surface area contributed by atoms with Crippen LogP contribution in [-0.2, 0) is 10.9 Å². The third-order valence-electron chi connectivity index (χ3n) is 3.17. The molecule has 1 fully saturated rings. The molecule has 0 radical (unpaired) electrons. The first-order valence-electron chi connectivity index (χ1n) is 6.16.